The van der Waals surface area contributed by atoms with E-state index in [4.69, 9.17) is 0 Å². The summed E-state index contributed by atoms with van der Waals surface area (Å²) in [5, 5.41) is 12.4. The number of hydrogen-bond acceptors (Lipinski definition) is 3. The Balaban J connectivity index is 1.82. The van der Waals surface area contributed by atoms with Crippen LogP contribution in [0.4, 0.5) is 0 Å². The molecule has 1 aliphatic carbocycles. The Kier molecular flexibility index (Phi) is 4.31. The summed E-state index contributed by atoms with van der Waals surface area (Å²) in [7, 11) is 0. The first-order chi connectivity index (χ1) is 8.69. The van der Waals surface area contributed by atoms with Crippen LogP contribution >= 0.6 is 0 Å². The fourth-order valence-corrected chi connectivity index (χ4v) is 2.46. The van der Waals surface area contributed by atoms with E-state index < -0.39 is 0 Å². The Bertz CT molecular complexity index is 388. The second-order valence-electron chi connectivity index (χ2n) is 5.00. The largest absolute Gasteiger partial charge is 0.393 e. The first-order valence-corrected chi connectivity index (χ1v) is 6.55. The number of carbonyl (C=O) groups excluding carboxylic acids is 1. The lowest BCUT2D eigenvalue weighted by molar-refractivity contribution is -0.122. The van der Waals surface area contributed by atoms with Gasteiger partial charge in [0.05, 0.1) is 12.5 Å². The van der Waals surface area contributed by atoms with E-state index in [2.05, 4.69) is 17.2 Å². The SMILES string of the molecule is CC[C@@H](NC(=O)Cc1ccncc1)C1CC(O)C1. The average Bonchev–Trinajstić information content (AvgIpc) is 2.34. The maximum Gasteiger partial charge on any atom is 0.224 e. The molecule has 0 radical (unpaired) electrons. The third-order valence-corrected chi connectivity index (χ3v) is 3.62. The van der Waals surface area contributed by atoms with E-state index in [-0.39, 0.29) is 18.1 Å². The molecule has 98 valence electrons. The van der Waals surface area contributed by atoms with Crippen LogP contribution in [0, 0.1) is 5.92 Å². The molecule has 18 heavy (non-hydrogen) atoms. The molecule has 1 aromatic heterocycles. The van der Waals surface area contributed by atoms with Crippen LogP contribution in [0.25, 0.3) is 0 Å². The molecule has 1 saturated carbocycles. The summed E-state index contributed by atoms with van der Waals surface area (Å²) in [4.78, 5) is 15.8. The minimum atomic E-state index is -0.166. The summed E-state index contributed by atoms with van der Waals surface area (Å²) >= 11 is 0. The van der Waals surface area contributed by atoms with Gasteiger partial charge in [0.15, 0.2) is 0 Å². The van der Waals surface area contributed by atoms with Crippen molar-refractivity contribution < 1.29 is 9.90 Å². The van der Waals surface area contributed by atoms with Crippen molar-refractivity contribution >= 4 is 5.91 Å². The highest BCUT2D eigenvalue weighted by Crippen LogP contribution is 2.31. The van der Waals surface area contributed by atoms with Crippen LogP contribution in [0.5, 0.6) is 0 Å². The molecule has 0 spiro atoms. The van der Waals surface area contributed by atoms with Crippen molar-refractivity contribution in [2.24, 2.45) is 5.92 Å². The zero-order chi connectivity index (χ0) is 13.0. The third kappa shape index (κ3) is 3.29. The van der Waals surface area contributed by atoms with Crippen molar-refractivity contribution in [2.75, 3.05) is 0 Å². The summed E-state index contributed by atoms with van der Waals surface area (Å²) in [6, 6.07) is 3.91. The fourth-order valence-electron chi connectivity index (χ4n) is 2.46. The van der Waals surface area contributed by atoms with Gasteiger partial charge in [0.25, 0.3) is 0 Å². The van der Waals surface area contributed by atoms with E-state index in [9.17, 15) is 9.90 Å². The zero-order valence-corrected chi connectivity index (χ0v) is 10.7. The summed E-state index contributed by atoms with van der Waals surface area (Å²) in [6.07, 6.45) is 6.17. The first kappa shape index (κ1) is 13.0. The van der Waals surface area contributed by atoms with E-state index >= 15 is 0 Å². The van der Waals surface area contributed by atoms with E-state index in [0.29, 0.717) is 12.3 Å². The lowest BCUT2D eigenvalue weighted by Crippen LogP contribution is -2.47. The van der Waals surface area contributed by atoms with Crippen LogP contribution in [-0.4, -0.2) is 28.1 Å². The predicted molar refractivity (Wildman–Crippen MR) is 68.9 cm³/mol. The van der Waals surface area contributed by atoms with E-state index in [1.165, 1.54) is 0 Å². The van der Waals surface area contributed by atoms with Crippen LogP contribution in [0.15, 0.2) is 24.5 Å². The smallest absolute Gasteiger partial charge is 0.224 e. The summed E-state index contributed by atoms with van der Waals surface area (Å²) in [5.41, 5.74) is 0.978. The molecule has 1 heterocycles. The Morgan fingerprint density at radius 3 is 2.72 bits per heavy atom. The molecule has 4 nitrogen and oxygen atoms in total. The van der Waals surface area contributed by atoms with E-state index in [1.807, 2.05) is 12.1 Å². The number of nitrogens with zero attached hydrogens (tertiary/aromatic N) is 1. The number of carbonyl (C=O) groups is 1. The molecule has 1 fully saturated rings. The second-order valence-corrected chi connectivity index (χ2v) is 5.00. The predicted octanol–water partition coefficient (Wildman–Crippen LogP) is 1.29. The van der Waals surface area contributed by atoms with Crippen LogP contribution in [-0.2, 0) is 11.2 Å². The average molecular weight is 248 g/mol. The minimum absolute atomic E-state index is 0.0504. The molecule has 2 N–H and O–H groups in total. The minimum Gasteiger partial charge on any atom is -0.393 e. The van der Waals surface area contributed by atoms with E-state index in [1.54, 1.807) is 12.4 Å². The van der Waals surface area contributed by atoms with Gasteiger partial charge in [-0.25, -0.2) is 0 Å². The number of aliphatic hydroxyl groups is 1. The highest BCUT2D eigenvalue weighted by atomic mass is 16.3. The van der Waals surface area contributed by atoms with Gasteiger partial charge >= 0.3 is 0 Å². The molecular weight excluding hydrogens is 228 g/mol. The molecule has 0 bridgehead atoms. The van der Waals surface area contributed by atoms with Gasteiger partial charge < -0.3 is 10.4 Å². The number of pyridine rings is 1. The Labute approximate surface area is 107 Å². The highest BCUT2D eigenvalue weighted by Gasteiger charge is 2.33. The maximum atomic E-state index is 11.9. The summed E-state index contributed by atoms with van der Waals surface area (Å²) in [6.45, 7) is 2.07. The number of hydrogen-bond donors (Lipinski definition) is 2. The fraction of sp³-hybridized carbons (Fsp3) is 0.571. The molecule has 1 atom stereocenters. The Hall–Kier alpha value is -1.42. The lowest BCUT2D eigenvalue weighted by atomic mass is 9.76. The molecule has 0 aliphatic heterocycles. The molecule has 0 saturated heterocycles. The molecule has 1 aliphatic rings. The molecule has 0 aromatic carbocycles. The van der Waals surface area contributed by atoms with Gasteiger partial charge in [-0.15, -0.1) is 0 Å². The van der Waals surface area contributed by atoms with Crippen molar-refractivity contribution in [2.45, 2.75) is 44.8 Å². The summed E-state index contributed by atoms with van der Waals surface area (Å²) < 4.78 is 0. The summed E-state index contributed by atoms with van der Waals surface area (Å²) in [5.74, 6) is 0.487. The number of rotatable bonds is 5. The second kappa shape index (κ2) is 5.96. The number of amides is 1. The molecule has 2 rings (SSSR count). The third-order valence-electron chi connectivity index (χ3n) is 3.62. The molecule has 1 amide bonds. The van der Waals surface area contributed by atoms with Gasteiger partial charge in [-0.3, -0.25) is 9.78 Å². The quantitative estimate of drug-likeness (QED) is 0.825. The van der Waals surface area contributed by atoms with Crippen LogP contribution in [0.1, 0.15) is 31.7 Å². The van der Waals surface area contributed by atoms with Gasteiger partial charge in [-0.1, -0.05) is 6.92 Å². The van der Waals surface area contributed by atoms with Gasteiger partial charge in [0.1, 0.15) is 0 Å². The van der Waals surface area contributed by atoms with Crippen molar-refractivity contribution in [3.8, 4) is 0 Å². The molecule has 0 unspecified atom stereocenters. The standard InChI is InChI=1S/C14H20N2O2/c1-2-13(11-8-12(17)9-11)16-14(18)7-10-3-5-15-6-4-10/h3-6,11-13,17H,2,7-9H2,1H3,(H,16,18)/t11?,12?,13-/m1/s1. The van der Waals surface area contributed by atoms with Crippen molar-refractivity contribution in [1.82, 2.24) is 10.3 Å². The molecular formula is C14H20N2O2. The number of aromatic nitrogens is 1. The monoisotopic (exact) mass is 248 g/mol. The lowest BCUT2D eigenvalue weighted by Gasteiger charge is -2.37. The van der Waals surface area contributed by atoms with Crippen molar-refractivity contribution in [3.05, 3.63) is 30.1 Å². The topological polar surface area (TPSA) is 62.2 Å². The van der Waals surface area contributed by atoms with Crippen molar-refractivity contribution in [1.29, 1.82) is 0 Å². The van der Waals surface area contributed by atoms with Crippen LogP contribution < -0.4 is 5.32 Å². The highest BCUT2D eigenvalue weighted by molar-refractivity contribution is 5.78. The Morgan fingerprint density at radius 1 is 1.50 bits per heavy atom. The van der Waals surface area contributed by atoms with Crippen LogP contribution in [0.2, 0.25) is 0 Å². The van der Waals surface area contributed by atoms with E-state index in [0.717, 1.165) is 24.8 Å². The number of aliphatic hydroxyl groups excluding tert-OH is 1. The van der Waals surface area contributed by atoms with Gasteiger partial charge in [-0.2, -0.15) is 0 Å². The normalized spacial score (nSPS) is 24.1. The van der Waals surface area contributed by atoms with Gasteiger partial charge in [-0.05, 0) is 42.9 Å². The molecule has 4 heteroatoms. The zero-order valence-electron chi connectivity index (χ0n) is 10.7. The van der Waals surface area contributed by atoms with Crippen LogP contribution in [0.3, 0.4) is 0 Å². The first-order valence-electron chi connectivity index (χ1n) is 6.55. The van der Waals surface area contributed by atoms with Gasteiger partial charge in [0.2, 0.25) is 5.91 Å². The Morgan fingerprint density at radius 2 is 2.17 bits per heavy atom. The maximum absolute atomic E-state index is 11.9. The van der Waals surface area contributed by atoms with Crippen molar-refractivity contribution in [3.63, 3.8) is 0 Å². The number of nitrogens with one attached hydrogen (secondary N) is 1. The van der Waals surface area contributed by atoms with Gasteiger partial charge in [0, 0.05) is 18.4 Å². The molecule has 1 aromatic rings.